The minimum absolute atomic E-state index is 0.111. The average Bonchev–Trinajstić information content (AvgIpc) is 2.90. The topological polar surface area (TPSA) is 95.5 Å². The minimum atomic E-state index is -3.10. The van der Waals surface area contributed by atoms with Gasteiger partial charge in [0.25, 0.3) is 0 Å². The van der Waals surface area contributed by atoms with Crippen molar-refractivity contribution in [2.75, 3.05) is 32.4 Å². The first-order chi connectivity index (χ1) is 10.5. The number of rotatable bonds is 9. The summed E-state index contributed by atoms with van der Waals surface area (Å²) >= 11 is 1.65. The molecule has 0 saturated carbocycles. The van der Waals surface area contributed by atoms with Gasteiger partial charge < -0.3 is 10.6 Å². The number of aromatic nitrogens is 1. The van der Waals surface area contributed by atoms with E-state index in [2.05, 4.69) is 30.7 Å². The second-order valence-corrected chi connectivity index (χ2v) is 7.84. The number of guanidine groups is 1. The van der Waals surface area contributed by atoms with Gasteiger partial charge in [0.1, 0.15) is 0 Å². The Morgan fingerprint density at radius 2 is 2.05 bits per heavy atom. The van der Waals surface area contributed by atoms with Crippen LogP contribution in [-0.4, -0.2) is 51.8 Å². The lowest BCUT2D eigenvalue weighted by molar-refractivity contribution is 0.579. The molecule has 1 rings (SSSR count). The van der Waals surface area contributed by atoms with Gasteiger partial charge in [0.15, 0.2) is 5.96 Å². The Labute approximate surface area is 136 Å². The van der Waals surface area contributed by atoms with Gasteiger partial charge in [-0.05, 0) is 20.3 Å². The van der Waals surface area contributed by atoms with Crippen molar-refractivity contribution in [3.05, 3.63) is 16.1 Å². The highest BCUT2D eigenvalue weighted by Gasteiger charge is 2.04. The number of aliphatic imine (C=N–C) groups is 1. The number of aryl methyl sites for hydroxylation is 1. The zero-order valence-electron chi connectivity index (χ0n) is 13.3. The molecule has 1 aromatic rings. The molecule has 0 radical (unpaired) electrons. The molecule has 7 nitrogen and oxygen atoms in total. The molecule has 0 amide bonds. The summed E-state index contributed by atoms with van der Waals surface area (Å²) in [6.45, 7) is 5.45. The van der Waals surface area contributed by atoms with E-state index in [0.717, 1.165) is 23.7 Å². The Hall–Kier alpha value is -1.19. The van der Waals surface area contributed by atoms with Crippen LogP contribution in [0.1, 0.15) is 24.0 Å². The van der Waals surface area contributed by atoms with Gasteiger partial charge in [-0.1, -0.05) is 0 Å². The SMILES string of the molecule is CCS(=O)(=O)NCCCNC(=NC)NCCc1csc(C)n1. The molecular weight excluding hydrogens is 322 g/mol. The molecule has 0 fully saturated rings. The molecule has 0 saturated heterocycles. The molecule has 0 aliphatic carbocycles. The van der Waals surface area contributed by atoms with Crippen LogP contribution < -0.4 is 15.4 Å². The standard InChI is InChI=1S/C13H25N5O2S2/c1-4-22(19,20)17-8-5-7-15-13(14-3)16-9-6-12-10-21-11(2)18-12/h10,17H,4-9H2,1-3H3,(H2,14,15,16). The van der Waals surface area contributed by atoms with Crippen molar-refractivity contribution in [1.29, 1.82) is 0 Å². The van der Waals surface area contributed by atoms with Crippen molar-refractivity contribution in [2.24, 2.45) is 4.99 Å². The summed E-state index contributed by atoms with van der Waals surface area (Å²) in [5, 5.41) is 9.50. The normalized spacial score (nSPS) is 12.4. The fourth-order valence-electron chi connectivity index (χ4n) is 1.68. The van der Waals surface area contributed by atoms with E-state index in [1.165, 1.54) is 0 Å². The molecule has 1 heterocycles. The molecule has 22 heavy (non-hydrogen) atoms. The van der Waals surface area contributed by atoms with Crippen LogP contribution in [0.3, 0.4) is 0 Å². The van der Waals surface area contributed by atoms with Gasteiger partial charge in [-0.3, -0.25) is 4.99 Å². The Kier molecular flexibility index (Phi) is 8.36. The summed E-state index contributed by atoms with van der Waals surface area (Å²) in [6.07, 6.45) is 1.55. The monoisotopic (exact) mass is 347 g/mol. The lowest BCUT2D eigenvalue weighted by Gasteiger charge is -2.11. The Bertz CT molecular complexity index is 569. The number of nitrogens with one attached hydrogen (secondary N) is 3. The van der Waals surface area contributed by atoms with Crippen LogP contribution in [0.25, 0.3) is 0 Å². The summed E-state index contributed by atoms with van der Waals surface area (Å²) in [6, 6.07) is 0. The molecule has 126 valence electrons. The number of thiazole rings is 1. The number of hydrogen-bond donors (Lipinski definition) is 3. The van der Waals surface area contributed by atoms with Gasteiger partial charge >= 0.3 is 0 Å². The number of sulfonamides is 1. The van der Waals surface area contributed by atoms with E-state index in [4.69, 9.17) is 0 Å². The van der Waals surface area contributed by atoms with Gasteiger partial charge in [-0.15, -0.1) is 11.3 Å². The van der Waals surface area contributed by atoms with Crippen LogP contribution in [0.15, 0.2) is 10.4 Å². The lowest BCUT2D eigenvalue weighted by Crippen LogP contribution is -2.39. The molecule has 0 aromatic carbocycles. The molecule has 0 spiro atoms. The van der Waals surface area contributed by atoms with Crippen LogP contribution in [0, 0.1) is 6.92 Å². The highest BCUT2D eigenvalue weighted by Crippen LogP contribution is 2.07. The maximum absolute atomic E-state index is 11.3. The molecule has 0 bridgehead atoms. The van der Waals surface area contributed by atoms with E-state index < -0.39 is 10.0 Å². The molecule has 0 aliphatic rings. The van der Waals surface area contributed by atoms with Crippen molar-refractivity contribution in [3.8, 4) is 0 Å². The third-order valence-corrected chi connectivity index (χ3v) is 5.14. The van der Waals surface area contributed by atoms with E-state index in [9.17, 15) is 8.42 Å². The second-order valence-electron chi connectivity index (χ2n) is 4.68. The summed E-state index contributed by atoms with van der Waals surface area (Å²) in [4.78, 5) is 8.53. The van der Waals surface area contributed by atoms with Gasteiger partial charge in [-0.25, -0.2) is 18.1 Å². The fourth-order valence-corrected chi connectivity index (χ4v) is 2.98. The van der Waals surface area contributed by atoms with E-state index in [1.807, 2.05) is 6.92 Å². The summed E-state index contributed by atoms with van der Waals surface area (Å²) in [7, 11) is -1.39. The van der Waals surface area contributed by atoms with Crippen LogP contribution in [0.4, 0.5) is 0 Å². The summed E-state index contributed by atoms with van der Waals surface area (Å²) in [5.74, 6) is 0.824. The highest BCUT2D eigenvalue weighted by atomic mass is 32.2. The predicted octanol–water partition coefficient (Wildman–Crippen LogP) is 0.488. The summed E-state index contributed by atoms with van der Waals surface area (Å²) < 4.78 is 25.0. The zero-order valence-corrected chi connectivity index (χ0v) is 15.0. The lowest BCUT2D eigenvalue weighted by atomic mass is 10.3. The quantitative estimate of drug-likeness (QED) is 0.343. The van der Waals surface area contributed by atoms with Crippen molar-refractivity contribution in [2.45, 2.75) is 26.7 Å². The average molecular weight is 348 g/mol. The highest BCUT2D eigenvalue weighted by molar-refractivity contribution is 7.89. The van der Waals surface area contributed by atoms with Crippen LogP contribution in [0.5, 0.6) is 0 Å². The van der Waals surface area contributed by atoms with E-state index in [-0.39, 0.29) is 5.75 Å². The maximum Gasteiger partial charge on any atom is 0.211 e. The van der Waals surface area contributed by atoms with E-state index >= 15 is 0 Å². The molecule has 1 aromatic heterocycles. The van der Waals surface area contributed by atoms with Crippen LogP contribution in [0.2, 0.25) is 0 Å². The van der Waals surface area contributed by atoms with Crippen LogP contribution in [-0.2, 0) is 16.4 Å². The van der Waals surface area contributed by atoms with Gasteiger partial charge in [0.2, 0.25) is 10.0 Å². The van der Waals surface area contributed by atoms with Crippen molar-refractivity contribution < 1.29 is 8.42 Å². The Morgan fingerprint density at radius 3 is 2.64 bits per heavy atom. The van der Waals surface area contributed by atoms with Gasteiger partial charge in [0, 0.05) is 38.5 Å². The molecular formula is C13H25N5O2S2. The molecule has 9 heteroatoms. The van der Waals surface area contributed by atoms with Gasteiger partial charge in [-0.2, -0.15) is 0 Å². The molecule has 0 atom stereocenters. The van der Waals surface area contributed by atoms with E-state index in [1.54, 1.807) is 25.3 Å². The second kappa shape index (κ2) is 9.75. The third kappa shape index (κ3) is 7.71. The Balaban J connectivity index is 2.15. The van der Waals surface area contributed by atoms with Crippen molar-refractivity contribution >= 4 is 27.3 Å². The fraction of sp³-hybridized carbons (Fsp3) is 0.692. The third-order valence-electron chi connectivity index (χ3n) is 2.91. The van der Waals surface area contributed by atoms with Crippen molar-refractivity contribution in [3.63, 3.8) is 0 Å². The first kappa shape index (κ1) is 18.9. The zero-order chi connectivity index (χ0) is 16.4. The van der Waals surface area contributed by atoms with Crippen LogP contribution >= 0.6 is 11.3 Å². The summed E-state index contributed by atoms with van der Waals surface area (Å²) in [5.41, 5.74) is 1.08. The van der Waals surface area contributed by atoms with Crippen molar-refractivity contribution in [1.82, 2.24) is 20.3 Å². The van der Waals surface area contributed by atoms with Gasteiger partial charge in [0.05, 0.1) is 16.5 Å². The maximum atomic E-state index is 11.3. The molecule has 0 aliphatic heterocycles. The van der Waals surface area contributed by atoms with E-state index in [0.29, 0.717) is 25.5 Å². The molecule has 3 N–H and O–H groups in total. The minimum Gasteiger partial charge on any atom is -0.356 e. The first-order valence-corrected chi connectivity index (χ1v) is 9.83. The largest absolute Gasteiger partial charge is 0.356 e. The Morgan fingerprint density at radius 1 is 1.32 bits per heavy atom. The first-order valence-electron chi connectivity index (χ1n) is 7.29. The smallest absolute Gasteiger partial charge is 0.211 e. The molecule has 0 unspecified atom stereocenters. The number of hydrogen-bond acceptors (Lipinski definition) is 5. The predicted molar refractivity (Wildman–Crippen MR) is 92.0 cm³/mol. The number of nitrogens with zero attached hydrogens (tertiary/aromatic N) is 2.